The summed E-state index contributed by atoms with van der Waals surface area (Å²) >= 11 is 0. The van der Waals surface area contributed by atoms with Gasteiger partial charge >= 0.3 is 0 Å². The molecule has 1 aromatic carbocycles. The summed E-state index contributed by atoms with van der Waals surface area (Å²) in [5, 5.41) is 0. The van der Waals surface area contributed by atoms with Crippen molar-refractivity contribution in [1.29, 1.82) is 0 Å². The molecular weight excluding hydrogens is 215 g/mol. The van der Waals surface area contributed by atoms with Crippen molar-refractivity contribution in [3.63, 3.8) is 0 Å². The molecule has 4 heteroatoms. The van der Waals surface area contributed by atoms with Gasteiger partial charge in [0.25, 0.3) is 0 Å². The maximum absolute atomic E-state index is 13.7. The summed E-state index contributed by atoms with van der Waals surface area (Å²) in [6.07, 6.45) is 3.39. The highest BCUT2D eigenvalue weighted by molar-refractivity contribution is 5.30. The molecule has 1 aliphatic carbocycles. The quantitative estimate of drug-likeness (QED) is 0.775. The lowest BCUT2D eigenvalue weighted by Gasteiger charge is -2.28. The Hall–Kier alpha value is -1.03. The summed E-state index contributed by atoms with van der Waals surface area (Å²) < 4.78 is 39.6. The molecule has 0 saturated heterocycles. The van der Waals surface area contributed by atoms with Crippen molar-refractivity contribution >= 4 is 0 Å². The number of hydrogen-bond donors (Lipinski definition) is 1. The Bertz CT molecular complexity index is 397. The Labute approximate surface area is 92.5 Å². The summed E-state index contributed by atoms with van der Waals surface area (Å²) in [4.78, 5) is 0. The first-order valence-corrected chi connectivity index (χ1v) is 5.44. The van der Waals surface area contributed by atoms with Crippen molar-refractivity contribution in [2.45, 2.75) is 31.1 Å². The minimum absolute atomic E-state index is 0.228. The SMILES string of the molecule is NCC1(c2cc(F)c(F)cc2F)CCCC1. The van der Waals surface area contributed by atoms with Crippen LogP contribution in [0.3, 0.4) is 0 Å². The molecule has 0 radical (unpaired) electrons. The lowest BCUT2D eigenvalue weighted by Crippen LogP contribution is -2.33. The van der Waals surface area contributed by atoms with Gasteiger partial charge in [0.15, 0.2) is 11.6 Å². The molecule has 0 atom stereocenters. The predicted octanol–water partition coefficient (Wildman–Crippen LogP) is 2.87. The fourth-order valence-corrected chi connectivity index (χ4v) is 2.56. The summed E-state index contributed by atoms with van der Waals surface area (Å²) in [6.45, 7) is 0.273. The number of nitrogens with two attached hydrogens (primary N) is 1. The van der Waals surface area contributed by atoms with E-state index in [1.165, 1.54) is 0 Å². The second-order valence-corrected chi connectivity index (χ2v) is 4.44. The first-order valence-electron chi connectivity index (χ1n) is 5.44. The van der Waals surface area contributed by atoms with Gasteiger partial charge in [0.2, 0.25) is 0 Å². The smallest absolute Gasteiger partial charge is 0.161 e. The summed E-state index contributed by atoms with van der Waals surface area (Å²) in [6, 6.07) is 1.57. The van der Waals surface area contributed by atoms with Crippen LogP contribution in [0.2, 0.25) is 0 Å². The van der Waals surface area contributed by atoms with E-state index in [9.17, 15) is 13.2 Å². The predicted molar refractivity (Wildman–Crippen MR) is 55.5 cm³/mol. The highest BCUT2D eigenvalue weighted by atomic mass is 19.2. The second-order valence-electron chi connectivity index (χ2n) is 4.44. The zero-order valence-corrected chi connectivity index (χ0v) is 8.90. The summed E-state index contributed by atoms with van der Waals surface area (Å²) in [5.74, 6) is -2.84. The van der Waals surface area contributed by atoms with Crippen LogP contribution in [0.1, 0.15) is 31.2 Å². The zero-order chi connectivity index (χ0) is 11.8. The second kappa shape index (κ2) is 4.09. The van der Waals surface area contributed by atoms with E-state index in [0.717, 1.165) is 31.7 Å². The lowest BCUT2D eigenvalue weighted by molar-refractivity contribution is 0.413. The third-order valence-corrected chi connectivity index (χ3v) is 3.53. The monoisotopic (exact) mass is 229 g/mol. The highest BCUT2D eigenvalue weighted by Gasteiger charge is 2.37. The zero-order valence-electron chi connectivity index (χ0n) is 8.90. The van der Waals surface area contributed by atoms with E-state index in [1.807, 2.05) is 0 Å². The molecule has 1 fully saturated rings. The van der Waals surface area contributed by atoms with E-state index in [1.54, 1.807) is 0 Å². The third-order valence-electron chi connectivity index (χ3n) is 3.53. The van der Waals surface area contributed by atoms with Crippen LogP contribution in [-0.4, -0.2) is 6.54 Å². The van der Waals surface area contributed by atoms with Gasteiger partial charge in [0.05, 0.1) is 0 Å². The fourth-order valence-electron chi connectivity index (χ4n) is 2.56. The molecule has 0 bridgehead atoms. The molecule has 0 amide bonds. The Kier molecular flexibility index (Phi) is 2.93. The van der Waals surface area contributed by atoms with Gasteiger partial charge in [-0.25, -0.2) is 13.2 Å². The van der Waals surface area contributed by atoms with Crippen molar-refractivity contribution in [2.24, 2.45) is 5.73 Å². The van der Waals surface area contributed by atoms with E-state index >= 15 is 0 Å². The van der Waals surface area contributed by atoms with Crippen LogP contribution in [-0.2, 0) is 5.41 Å². The van der Waals surface area contributed by atoms with Crippen LogP contribution < -0.4 is 5.73 Å². The number of rotatable bonds is 2. The maximum atomic E-state index is 13.7. The van der Waals surface area contributed by atoms with Gasteiger partial charge in [-0.05, 0) is 24.5 Å². The average molecular weight is 229 g/mol. The van der Waals surface area contributed by atoms with E-state index in [4.69, 9.17) is 5.73 Å². The molecule has 2 N–H and O–H groups in total. The van der Waals surface area contributed by atoms with Gasteiger partial charge in [-0.1, -0.05) is 12.8 Å². The van der Waals surface area contributed by atoms with E-state index in [-0.39, 0.29) is 12.1 Å². The number of hydrogen-bond acceptors (Lipinski definition) is 1. The molecule has 2 rings (SSSR count). The summed E-state index contributed by atoms with van der Waals surface area (Å²) in [5.41, 5.74) is 5.40. The van der Waals surface area contributed by atoms with Gasteiger partial charge in [0.1, 0.15) is 5.82 Å². The number of halogens is 3. The van der Waals surface area contributed by atoms with Crippen LogP contribution in [0.25, 0.3) is 0 Å². The Morgan fingerprint density at radius 3 is 2.12 bits per heavy atom. The van der Waals surface area contributed by atoms with Crippen molar-refractivity contribution in [3.05, 3.63) is 35.1 Å². The molecule has 1 nitrogen and oxygen atoms in total. The molecule has 0 aliphatic heterocycles. The molecule has 1 saturated carbocycles. The molecule has 0 aromatic heterocycles. The summed E-state index contributed by atoms with van der Waals surface area (Å²) in [7, 11) is 0. The van der Waals surface area contributed by atoms with Crippen molar-refractivity contribution in [2.75, 3.05) is 6.54 Å². The van der Waals surface area contributed by atoms with Gasteiger partial charge in [0, 0.05) is 18.0 Å². The van der Waals surface area contributed by atoms with Crippen LogP contribution in [0.4, 0.5) is 13.2 Å². The molecule has 16 heavy (non-hydrogen) atoms. The maximum Gasteiger partial charge on any atom is 0.161 e. The van der Waals surface area contributed by atoms with Crippen LogP contribution in [0.5, 0.6) is 0 Å². The van der Waals surface area contributed by atoms with Gasteiger partial charge in [-0.2, -0.15) is 0 Å². The first kappa shape index (κ1) is 11.5. The first-order chi connectivity index (χ1) is 7.59. The minimum atomic E-state index is -1.15. The van der Waals surface area contributed by atoms with Crippen molar-refractivity contribution in [3.8, 4) is 0 Å². The molecule has 1 aliphatic rings. The average Bonchev–Trinajstić information content (AvgIpc) is 2.73. The fraction of sp³-hybridized carbons (Fsp3) is 0.500. The van der Waals surface area contributed by atoms with Crippen molar-refractivity contribution < 1.29 is 13.2 Å². The third kappa shape index (κ3) is 1.71. The minimum Gasteiger partial charge on any atom is -0.330 e. The Morgan fingerprint density at radius 1 is 1.00 bits per heavy atom. The van der Waals surface area contributed by atoms with E-state index < -0.39 is 22.9 Å². The Balaban J connectivity index is 2.50. The topological polar surface area (TPSA) is 26.0 Å². The van der Waals surface area contributed by atoms with Gasteiger partial charge < -0.3 is 5.73 Å². The van der Waals surface area contributed by atoms with Crippen LogP contribution in [0.15, 0.2) is 12.1 Å². The van der Waals surface area contributed by atoms with Crippen molar-refractivity contribution in [1.82, 2.24) is 0 Å². The highest BCUT2D eigenvalue weighted by Crippen LogP contribution is 2.41. The molecule has 0 unspecified atom stereocenters. The number of benzene rings is 1. The largest absolute Gasteiger partial charge is 0.330 e. The van der Waals surface area contributed by atoms with E-state index in [0.29, 0.717) is 6.07 Å². The van der Waals surface area contributed by atoms with Crippen LogP contribution >= 0.6 is 0 Å². The Morgan fingerprint density at radius 2 is 1.56 bits per heavy atom. The van der Waals surface area contributed by atoms with Gasteiger partial charge in [-0.15, -0.1) is 0 Å². The van der Waals surface area contributed by atoms with Crippen LogP contribution in [0, 0.1) is 17.5 Å². The molecular formula is C12H14F3N. The molecule has 1 aromatic rings. The molecule has 88 valence electrons. The standard InChI is InChI=1S/C12H14F3N/c13-9-6-11(15)10(14)5-8(9)12(7-16)3-1-2-4-12/h5-6H,1-4,7,16H2. The van der Waals surface area contributed by atoms with E-state index in [2.05, 4.69) is 0 Å². The lowest BCUT2D eigenvalue weighted by atomic mass is 9.78. The molecule has 0 spiro atoms. The van der Waals surface area contributed by atoms with Gasteiger partial charge in [-0.3, -0.25) is 0 Å². The normalized spacial score (nSPS) is 19.0. The molecule has 0 heterocycles.